The van der Waals surface area contributed by atoms with E-state index >= 15 is 0 Å². The second-order valence-electron chi connectivity index (χ2n) is 4.67. The minimum Gasteiger partial charge on any atom is -0.392 e. The second kappa shape index (κ2) is 5.23. The Bertz CT molecular complexity index is 142. The van der Waals surface area contributed by atoms with Crippen molar-refractivity contribution in [1.82, 2.24) is 0 Å². The molecule has 0 rings (SSSR count). The molecule has 3 heteroatoms. The maximum Gasteiger partial charge on any atom is 0.0628 e. The Hall–Kier alpha value is 0.270. The average molecular weight is 205 g/mol. The first kappa shape index (κ1) is 13.3. The van der Waals surface area contributed by atoms with Crippen LogP contribution in [0.25, 0.3) is 0 Å². The van der Waals surface area contributed by atoms with Gasteiger partial charge in [-0.05, 0) is 12.3 Å². The molecular weight excluding hydrogens is 182 g/mol. The lowest BCUT2D eigenvalue weighted by molar-refractivity contribution is 0.195. The quantitative estimate of drug-likeness (QED) is 0.736. The molecular formula is C10H23NOS. The molecule has 0 spiro atoms. The van der Waals surface area contributed by atoms with Crippen LogP contribution in [0.1, 0.15) is 34.6 Å². The Balaban J connectivity index is 4.14. The number of aliphatic hydroxyl groups excluding tert-OH is 1. The lowest BCUT2D eigenvalue weighted by Gasteiger charge is -2.32. The highest BCUT2D eigenvalue weighted by atomic mass is 32.2. The molecule has 13 heavy (non-hydrogen) atoms. The molecule has 3 N–H and O–H groups in total. The zero-order chi connectivity index (χ0) is 10.6. The van der Waals surface area contributed by atoms with E-state index in [0.29, 0.717) is 11.8 Å². The molecule has 0 radical (unpaired) electrons. The van der Waals surface area contributed by atoms with E-state index in [4.69, 9.17) is 5.73 Å². The summed E-state index contributed by atoms with van der Waals surface area (Å²) in [6, 6.07) is 0. The molecule has 0 heterocycles. The van der Waals surface area contributed by atoms with Crippen LogP contribution in [0.15, 0.2) is 0 Å². The molecule has 80 valence electrons. The zero-order valence-electron chi connectivity index (χ0n) is 9.37. The lowest BCUT2D eigenvalue weighted by atomic mass is 9.92. The van der Waals surface area contributed by atoms with Gasteiger partial charge in [0.25, 0.3) is 0 Å². The van der Waals surface area contributed by atoms with Gasteiger partial charge in [-0.1, -0.05) is 27.7 Å². The van der Waals surface area contributed by atoms with Gasteiger partial charge in [0.15, 0.2) is 0 Å². The molecule has 0 aromatic heterocycles. The summed E-state index contributed by atoms with van der Waals surface area (Å²) in [4.78, 5) is 0. The van der Waals surface area contributed by atoms with Crippen molar-refractivity contribution in [3.05, 3.63) is 0 Å². The Kier molecular flexibility index (Phi) is 5.33. The largest absolute Gasteiger partial charge is 0.392 e. The molecule has 2 nitrogen and oxygen atoms in total. The average Bonchev–Trinajstić information content (AvgIpc) is 1.96. The Morgan fingerprint density at radius 3 is 2.00 bits per heavy atom. The number of hydrogen-bond acceptors (Lipinski definition) is 3. The van der Waals surface area contributed by atoms with Crippen molar-refractivity contribution in [2.45, 2.75) is 51.2 Å². The van der Waals surface area contributed by atoms with Gasteiger partial charge in [0.05, 0.1) is 6.10 Å². The third-order valence-electron chi connectivity index (χ3n) is 2.24. The predicted molar refractivity (Wildman–Crippen MR) is 61.0 cm³/mol. The first-order chi connectivity index (χ1) is 5.79. The van der Waals surface area contributed by atoms with Crippen LogP contribution in [0.3, 0.4) is 0 Å². The Labute approximate surface area is 86.3 Å². The van der Waals surface area contributed by atoms with Crippen LogP contribution in [-0.2, 0) is 0 Å². The van der Waals surface area contributed by atoms with Gasteiger partial charge in [-0.3, -0.25) is 0 Å². The molecule has 0 bridgehead atoms. The minimum atomic E-state index is -0.263. The molecule has 0 aromatic rings. The molecule has 0 aliphatic carbocycles. The van der Waals surface area contributed by atoms with Crippen LogP contribution >= 0.6 is 11.8 Å². The van der Waals surface area contributed by atoms with Gasteiger partial charge >= 0.3 is 0 Å². The van der Waals surface area contributed by atoms with Gasteiger partial charge < -0.3 is 10.8 Å². The van der Waals surface area contributed by atoms with E-state index in [1.54, 1.807) is 11.8 Å². The fourth-order valence-electron chi connectivity index (χ4n) is 0.986. The highest BCUT2D eigenvalue weighted by Crippen LogP contribution is 2.33. The smallest absolute Gasteiger partial charge is 0.0628 e. The van der Waals surface area contributed by atoms with Crippen molar-refractivity contribution in [1.29, 1.82) is 0 Å². The summed E-state index contributed by atoms with van der Waals surface area (Å²) >= 11 is 1.78. The number of rotatable bonds is 4. The van der Waals surface area contributed by atoms with Crippen molar-refractivity contribution in [3.8, 4) is 0 Å². The van der Waals surface area contributed by atoms with Gasteiger partial charge in [0.2, 0.25) is 0 Å². The Morgan fingerprint density at radius 1 is 1.31 bits per heavy atom. The van der Waals surface area contributed by atoms with Gasteiger partial charge in [-0.25, -0.2) is 0 Å². The fourth-order valence-corrected chi connectivity index (χ4v) is 2.25. The topological polar surface area (TPSA) is 46.2 Å². The van der Waals surface area contributed by atoms with Crippen molar-refractivity contribution in [2.24, 2.45) is 11.1 Å². The summed E-state index contributed by atoms with van der Waals surface area (Å²) in [6.45, 7) is 11.1. The first-order valence-corrected chi connectivity index (χ1v) is 5.77. The molecule has 0 fully saturated rings. The first-order valence-electron chi connectivity index (χ1n) is 4.82. The summed E-state index contributed by atoms with van der Waals surface area (Å²) in [5.74, 6) is 0. The fraction of sp³-hybridized carbons (Fsp3) is 1.00. The predicted octanol–water partition coefficient (Wildman–Crippen LogP) is 1.86. The van der Waals surface area contributed by atoms with Crippen LogP contribution in [0, 0.1) is 5.41 Å². The summed E-state index contributed by atoms with van der Waals surface area (Å²) in [5, 5.41) is 10.0. The molecule has 0 aromatic carbocycles. The van der Waals surface area contributed by atoms with E-state index in [1.165, 1.54) is 0 Å². The van der Waals surface area contributed by atoms with E-state index in [-0.39, 0.29) is 16.8 Å². The summed E-state index contributed by atoms with van der Waals surface area (Å²) in [7, 11) is 0. The zero-order valence-corrected chi connectivity index (χ0v) is 10.2. The normalized spacial score (nSPS) is 19.6. The number of thioether (sulfide) groups is 1. The van der Waals surface area contributed by atoms with Crippen molar-refractivity contribution in [2.75, 3.05) is 6.54 Å². The van der Waals surface area contributed by atoms with Gasteiger partial charge in [-0.15, -0.1) is 0 Å². The standard InChI is InChI=1S/C10H23NOS/c1-7(12)8(2)13-9(6-11)10(3,4)5/h7-9,12H,6,11H2,1-5H3. The van der Waals surface area contributed by atoms with Gasteiger partial charge in [0.1, 0.15) is 0 Å². The van der Waals surface area contributed by atoms with Crippen LogP contribution in [0.4, 0.5) is 0 Å². The van der Waals surface area contributed by atoms with Crippen LogP contribution < -0.4 is 5.73 Å². The molecule has 3 unspecified atom stereocenters. The van der Waals surface area contributed by atoms with E-state index in [0.717, 1.165) is 0 Å². The highest BCUT2D eigenvalue weighted by molar-refractivity contribution is 8.00. The second-order valence-corrected chi connectivity index (χ2v) is 6.26. The summed E-state index contributed by atoms with van der Waals surface area (Å²) < 4.78 is 0. The monoisotopic (exact) mass is 205 g/mol. The SMILES string of the molecule is CC(O)C(C)SC(CN)C(C)(C)C. The van der Waals surface area contributed by atoms with E-state index < -0.39 is 0 Å². The minimum absolute atomic E-state index is 0.211. The summed E-state index contributed by atoms with van der Waals surface area (Å²) in [5.41, 5.74) is 5.92. The number of hydrogen-bond donors (Lipinski definition) is 2. The van der Waals surface area contributed by atoms with Crippen LogP contribution in [-0.4, -0.2) is 28.3 Å². The number of aliphatic hydroxyl groups is 1. The maximum absolute atomic E-state index is 9.37. The van der Waals surface area contributed by atoms with Crippen LogP contribution in [0.2, 0.25) is 0 Å². The van der Waals surface area contributed by atoms with Crippen molar-refractivity contribution < 1.29 is 5.11 Å². The van der Waals surface area contributed by atoms with Crippen molar-refractivity contribution >= 4 is 11.8 Å². The van der Waals surface area contributed by atoms with E-state index in [2.05, 4.69) is 20.8 Å². The van der Waals surface area contributed by atoms with E-state index in [9.17, 15) is 5.11 Å². The lowest BCUT2D eigenvalue weighted by Crippen LogP contribution is -2.34. The van der Waals surface area contributed by atoms with Gasteiger partial charge in [0, 0.05) is 17.0 Å². The Morgan fingerprint density at radius 2 is 1.77 bits per heavy atom. The maximum atomic E-state index is 9.37. The van der Waals surface area contributed by atoms with Gasteiger partial charge in [-0.2, -0.15) is 11.8 Å². The molecule has 0 saturated heterocycles. The molecule has 0 aliphatic rings. The molecule has 0 aliphatic heterocycles. The third kappa shape index (κ3) is 4.89. The molecule has 0 saturated carbocycles. The van der Waals surface area contributed by atoms with E-state index in [1.807, 2.05) is 13.8 Å². The molecule has 0 amide bonds. The van der Waals surface area contributed by atoms with Crippen molar-refractivity contribution in [3.63, 3.8) is 0 Å². The highest BCUT2D eigenvalue weighted by Gasteiger charge is 2.26. The summed E-state index contributed by atoms with van der Waals surface area (Å²) in [6.07, 6.45) is -0.263. The van der Waals surface area contributed by atoms with Crippen LogP contribution in [0.5, 0.6) is 0 Å². The molecule has 3 atom stereocenters. The number of nitrogens with two attached hydrogens (primary N) is 1. The third-order valence-corrected chi connectivity index (χ3v) is 4.29.